The molecule has 0 radical (unpaired) electrons. The topological polar surface area (TPSA) is 101 Å². The third kappa shape index (κ3) is 23.7. The van der Waals surface area contributed by atoms with E-state index in [9.17, 15) is 14.4 Å². The van der Waals surface area contributed by atoms with Crippen LogP contribution in [0.5, 0.6) is 0 Å². The Labute approximate surface area is 68.8 Å². The fourth-order valence-electron chi connectivity index (χ4n) is 0.123. The first-order valence-corrected chi connectivity index (χ1v) is 3.03. The summed E-state index contributed by atoms with van der Waals surface area (Å²) in [6, 6.07) is 0. The van der Waals surface area contributed by atoms with Gasteiger partial charge < -0.3 is 14.9 Å². The van der Waals surface area contributed by atoms with Crippen molar-refractivity contribution in [1.82, 2.24) is 0 Å². The zero-order valence-electron chi connectivity index (χ0n) is 6.73. The van der Waals surface area contributed by atoms with Gasteiger partial charge >= 0.3 is 18.1 Å². The molecule has 0 aliphatic heterocycles. The summed E-state index contributed by atoms with van der Waals surface area (Å²) in [7, 11) is 0. The van der Waals surface area contributed by atoms with Gasteiger partial charge in [-0.25, -0.2) is 4.79 Å². The second kappa shape index (κ2) is 7.52. The Balaban J connectivity index is 0. The minimum absolute atomic E-state index is 0.222. The van der Waals surface area contributed by atoms with Crippen LogP contribution in [0.15, 0.2) is 0 Å². The zero-order valence-corrected chi connectivity index (χ0v) is 6.73. The van der Waals surface area contributed by atoms with Crippen LogP contribution in [0.3, 0.4) is 0 Å². The molecule has 0 rings (SSSR count). The summed E-state index contributed by atoms with van der Waals surface area (Å²) in [5.41, 5.74) is 0. The molecule has 0 aromatic carbocycles. The summed E-state index contributed by atoms with van der Waals surface area (Å²) < 4.78 is 3.53. The first-order chi connectivity index (χ1) is 5.40. The highest BCUT2D eigenvalue weighted by Crippen LogP contribution is 1.73. The standard InChI is InChI=1S/C3H4O4.C3H6O2/c1-2(4)7-3(5)6;1-2-3(4)5/h1H3,(H,5,6);2H2,1H3,(H,4,5). The second-order valence-corrected chi connectivity index (χ2v) is 1.61. The van der Waals surface area contributed by atoms with Gasteiger partial charge in [-0.05, 0) is 0 Å². The van der Waals surface area contributed by atoms with E-state index in [0.717, 1.165) is 6.92 Å². The minimum Gasteiger partial charge on any atom is -0.481 e. The number of carbonyl (C=O) groups excluding carboxylic acids is 1. The fraction of sp³-hybridized carbons (Fsp3) is 0.500. The molecule has 0 aliphatic rings. The fourth-order valence-corrected chi connectivity index (χ4v) is 0.123. The SMILES string of the molecule is CC(=O)OC(=O)O.CCC(=O)O. The molecule has 70 valence electrons. The number of esters is 1. The summed E-state index contributed by atoms with van der Waals surface area (Å²) in [5, 5.41) is 15.4. The van der Waals surface area contributed by atoms with Gasteiger partial charge in [0.2, 0.25) is 0 Å². The molecule has 0 aliphatic carbocycles. The summed E-state index contributed by atoms with van der Waals surface area (Å²) in [5.74, 6) is -1.56. The van der Waals surface area contributed by atoms with E-state index in [4.69, 9.17) is 10.2 Å². The normalized spacial score (nSPS) is 7.50. The molecule has 0 amide bonds. The van der Waals surface area contributed by atoms with Gasteiger partial charge in [0.1, 0.15) is 0 Å². The number of carboxylic acid groups (broad SMARTS) is 2. The molecule has 6 nitrogen and oxygen atoms in total. The van der Waals surface area contributed by atoms with E-state index in [1.54, 1.807) is 6.92 Å². The minimum atomic E-state index is -1.56. The third-order valence-corrected chi connectivity index (χ3v) is 0.533. The Morgan fingerprint density at radius 3 is 1.58 bits per heavy atom. The van der Waals surface area contributed by atoms with Gasteiger partial charge in [-0.1, -0.05) is 6.92 Å². The molecule has 0 bridgehead atoms. The van der Waals surface area contributed by atoms with Crippen molar-refractivity contribution in [3.8, 4) is 0 Å². The van der Waals surface area contributed by atoms with Gasteiger partial charge in [-0.2, -0.15) is 0 Å². The number of carboxylic acids is 1. The molecule has 0 aromatic heterocycles. The van der Waals surface area contributed by atoms with Crippen LogP contribution < -0.4 is 0 Å². The van der Waals surface area contributed by atoms with E-state index in [-0.39, 0.29) is 6.42 Å². The van der Waals surface area contributed by atoms with Crippen LogP contribution >= 0.6 is 0 Å². The first-order valence-electron chi connectivity index (χ1n) is 3.03. The molecule has 0 heterocycles. The number of hydrogen-bond donors (Lipinski definition) is 2. The maximum Gasteiger partial charge on any atom is 0.513 e. The number of aliphatic carboxylic acids is 1. The molecule has 0 saturated carbocycles. The van der Waals surface area contributed by atoms with E-state index in [1.807, 2.05) is 0 Å². The van der Waals surface area contributed by atoms with Crippen molar-refractivity contribution in [2.75, 3.05) is 0 Å². The van der Waals surface area contributed by atoms with Crippen LogP contribution in [-0.4, -0.2) is 28.3 Å². The van der Waals surface area contributed by atoms with Gasteiger partial charge in [0.15, 0.2) is 0 Å². The van der Waals surface area contributed by atoms with Crippen LogP contribution in [0.1, 0.15) is 20.3 Å². The Bertz CT molecular complexity index is 161. The lowest BCUT2D eigenvalue weighted by Crippen LogP contribution is -2.04. The Morgan fingerprint density at radius 2 is 1.58 bits per heavy atom. The van der Waals surface area contributed by atoms with Crippen molar-refractivity contribution in [3.05, 3.63) is 0 Å². The molecule has 0 saturated heterocycles. The van der Waals surface area contributed by atoms with Gasteiger partial charge in [0, 0.05) is 13.3 Å². The van der Waals surface area contributed by atoms with Crippen LogP contribution in [0, 0.1) is 0 Å². The van der Waals surface area contributed by atoms with Crippen molar-refractivity contribution < 1.29 is 29.3 Å². The van der Waals surface area contributed by atoms with Crippen molar-refractivity contribution in [2.24, 2.45) is 0 Å². The lowest BCUT2D eigenvalue weighted by atomic mass is 10.5. The monoisotopic (exact) mass is 178 g/mol. The van der Waals surface area contributed by atoms with Crippen molar-refractivity contribution in [2.45, 2.75) is 20.3 Å². The van der Waals surface area contributed by atoms with Gasteiger partial charge in [-0.3, -0.25) is 9.59 Å². The van der Waals surface area contributed by atoms with Crippen molar-refractivity contribution >= 4 is 18.1 Å². The zero-order chi connectivity index (χ0) is 10.1. The first kappa shape index (κ1) is 13.0. The average Bonchev–Trinajstić information content (AvgIpc) is 1.85. The quantitative estimate of drug-likeness (QED) is 0.453. The summed E-state index contributed by atoms with van der Waals surface area (Å²) in [6.45, 7) is 2.62. The maximum atomic E-state index is 9.65. The Kier molecular flexibility index (Phi) is 8.16. The van der Waals surface area contributed by atoms with Gasteiger partial charge in [0.25, 0.3) is 0 Å². The Hall–Kier alpha value is -1.59. The van der Waals surface area contributed by atoms with E-state index >= 15 is 0 Å². The predicted octanol–water partition coefficient (Wildman–Crippen LogP) is 0.709. The summed E-state index contributed by atoms with van der Waals surface area (Å²) in [4.78, 5) is 28.4. The van der Waals surface area contributed by atoms with Crippen LogP contribution in [-0.2, 0) is 14.3 Å². The number of ether oxygens (including phenoxy) is 1. The third-order valence-electron chi connectivity index (χ3n) is 0.533. The highest BCUT2D eigenvalue weighted by molar-refractivity contribution is 5.78. The smallest absolute Gasteiger partial charge is 0.481 e. The van der Waals surface area contributed by atoms with E-state index < -0.39 is 18.1 Å². The van der Waals surface area contributed by atoms with Gasteiger partial charge in [-0.15, -0.1) is 0 Å². The highest BCUT2D eigenvalue weighted by atomic mass is 16.7. The van der Waals surface area contributed by atoms with Crippen LogP contribution in [0.4, 0.5) is 4.79 Å². The molecule has 0 fully saturated rings. The van der Waals surface area contributed by atoms with E-state index in [2.05, 4.69) is 4.74 Å². The lowest BCUT2D eigenvalue weighted by Gasteiger charge is -1.85. The van der Waals surface area contributed by atoms with Gasteiger partial charge in [0.05, 0.1) is 0 Å². The summed E-state index contributed by atoms with van der Waals surface area (Å²) >= 11 is 0. The molecular formula is C6H10O6. The average molecular weight is 178 g/mol. The molecular weight excluding hydrogens is 168 g/mol. The van der Waals surface area contributed by atoms with Crippen molar-refractivity contribution in [1.29, 1.82) is 0 Å². The number of hydrogen-bond acceptors (Lipinski definition) is 4. The predicted molar refractivity (Wildman–Crippen MR) is 37.7 cm³/mol. The maximum absolute atomic E-state index is 9.65. The van der Waals surface area contributed by atoms with E-state index in [0.29, 0.717) is 0 Å². The molecule has 0 spiro atoms. The molecule has 0 atom stereocenters. The largest absolute Gasteiger partial charge is 0.513 e. The molecule has 0 unspecified atom stereocenters. The number of rotatable bonds is 1. The lowest BCUT2D eigenvalue weighted by molar-refractivity contribution is -0.137. The van der Waals surface area contributed by atoms with Crippen LogP contribution in [0.25, 0.3) is 0 Å². The molecule has 6 heteroatoms. The van der Waals surface area contributed by atoms with Crippen molar-refractivity contribution in [3.63, 3.8) is 0 Å². The van der Waals surface area contributed by atoms with E-state index in [1.165, 1.54) is 0 Å². The Morgan fingerprint density at radius 1 is 1.25 bits per heavy atom. The second-order valence-electron chi connectivity index (χ2n) is 1.61. The van der Waals surface area contributed by atoms with Crippen LogP contribution in [0.2, 0.25) is 0 Å². The highest BCUT2D eigenvalue weighted by Gasteiger charge is 1.97. The molecule has 0 aromatic rings. The molecule has 2 N–H and O–H groups in total. The number of carbonyl (C=O) groups is 3. The molecule has 12 heavy (non-hydrogen) atoms. The summed E-state index contributed by atoms with van der Waals surface area (Å²) in [6.07, 6.45) is -1.34.